The SMILES string of the molecule is COC(=O)C(CCCCNC(=O)OC(C)(C)C)NC(=S)n1ccc2c(N(C)[C@H]3CN(C(=O)CC#N)CC[C@H]3C)ncnc21. The Balaban J connectivity index is 1.68. The number of unbranched alkanes of at least 4 members (excludes halogenated alkanes) is 1. The number of esters is 1. The molecule has 2 amide bonds. The molecule has 2 aromatic heterocycles. The predicted octanol–water partition coefficient (Wildman–Crippen LogP) is 2.98. The van der Waals surface area contributed by atoms with Gasteiger partial charge in [-0.3, -0.25) is 9.36 Å². The first-order valence-electron chi connectivity index (χ1n) is 14.4. The Morgan fingerprint density at radius 3 is 2.70 bits per heavy atom. The smallest absolute Gasteiger partial charge is 0.407 e. The molecule has 1 aliphatic heterocycles. The number of piperidine rings is 1. The second-order valence-electron chi connectivity index (χ2n) is 11.7. The van der Waals surface area contributed by atoms with E-state index >= 15 is 0 Å². The van der Waals surface area contributed by atoms with Crippen LogP contribution in [0.1, 0.15) is 59.8 Å². The number of thiocarbonyl (C=S) groups is 1. The zero-order chi connectivity index (χ0) is 31.7. The number of alkyl carbamates (subject to hydrolysis) is 1. The van der Waals surface area contributed by atoms with Crippen molar-refractivity contribution in [1.82, 2.24) is 30.1 Å². The zero-order valence-corrected chi connectivity index (χ0v) is 26.6. The van der Waals surface area contributed by atoms with Gasteiger partial charge >= 0.3 is 12.1 Å². The molecule has 0 aliphatic carbocycles. The molecule has 43 heavy (non-hydrogen) atoms. The predicted molar refractivity (Wildman–Crippen MR) is 165 cm³/mol. The van der Waals surface area contributed by atoms with E-state index in [-0.39, 0.29) is 23.5 Å². The molecule has 1 aliphatic rings. The molecule has 14 heteroatoms. The number of hydrogen-bond donors (Lipinski definition) is 2. The maximum Gasteiger partial charge on any atom is 0.407 e. The molecular weight excluding hydrogens is 572 g/mol. The van der Waals surface area contributed by atoms with Gasteiger partial charge < -0.3 is 29.9 Å². The highest BCUT2D eigenvalue weighted by atomic mass is 32.1. The number of anilines is 1. The molecule has 3 atom stereocenters. The Bertz CT molecular complexity index is 1350. The number of ether oxygens (including phenoxy) is 2. The molecule has 0 radical (unpaired) electrons. The summed E-state index contributed by atoms with van der Waals surface area (Å²) >= 11 is 5.68. The number of rotatable bonds is 10. The minimum atomic E-state index is -0.694. The van der Waals surface area contributed by atoms with E-state index in [9.17, 15) is 14.4 Å². The van der Waals surface area contributed by atoms with Gasteiger partial charge in [0.25, 0.3) is 0 Å². The van der Waals surface area contributed by atoms with Crippen molar-refractivity contribution < 1.29 is 23.9 Å². The Morgan fingerprint density at radius 1 is 1.28 bits per heavy atom. The molecule has 13 nitrogen and oxygen atoms in total. The number of nitriles is 1. The summed E-state index contributed by atoms with van der Waals surface area (Å²) in [6.07, 6.45) is 5.15. The molecular formula is C29H42N8O5S. The average molecular weight is 615 g/mol. The van der Waals surface area contributed by atoms with Crippen LogP contribution in [0.3, 0.4) is 0 Å². The summed E-state index contributed by atoms with van der Waals surface area (Å²) in [5, 5.41) is 15.8. The number of likely N-dealkylation sites (N-methyl/N-ethyl adjacent to an activating group) is 1. The third-order valence-electron chi connectivity index (χ3n) is 7.38. The van der Waals surface area contributed by atoms with Crippen molar-refractivity contribution in [2.75, 3.05) is 38.7 Å². The van der Waals surface area contributed by atoms with Gasteiger partial charge in [-0.05, 0) is 70.7 Å². The van der Waals surface area contributed by atoms with Gasteiger partial charge in [0.1, 0.15) is 30.2 Å². The van der Waals surface area contributed by atoms with Gasteiger partial charge in [-0.2, -0.15) is 5.26 Å². The van der Waals surface area contributed by atoms with Crippen LogP contribution in [0.15, 0.2) is 18.6 Å². The first-order valence-corrected chi connectivity index (χ1v) is 14.8. The van der Waals surface area contributed by atoms with Gasteiger partial charge in [0, 0.05) is 32.9 Å². The number of fused-ring (bicyclic) bond motifs is 1. The van der Waals surface area contributed by atoms with Gasteiger partial charge in [0.05, 0.1) is 24.6 Å². The molecule has 1 saturated heterocycles. The van der Waals surface area contributed by atoms with Crippen molar-refractivity contribution >= 4 is 52.2 Å². The van der Waals surface area contributed by atoms with Crippen LogP contribution in [0, 0.1) is 17.2 Å². The second-order valence-corrected chi connectivity index (χ2v) is 12.1. The molecule has 2 N–H and O–H groups in total. The van der Waals surface area contributed by atoms with Crippen molar-refractivity contribution in [2.45, 2.75) is 77.5 Å². The Hall–Kier alpha value is -3.99. The standard InChI is InChI=1S/C29H42N8O5S/c1-19-11-15-36(23(38)10-13-30)17-22(19)35(5)24-20-12-16-37(25(20)33-18-32-24)27(43)34-21(26(39)41-6)9-7-8-14-31-28(40)42-29(2,3)4/h12,16,18-19,21-22H,7-11,14-15,17H2,1-6H3,(H,31,40)(H,34,43)/t19-,21?,22+/m1/s1. The van der Waals surface area contributed by atoms with Crippen molar-refractivity contribution in [3.8, 4) is 6.07 Å². The zero-order valence-electron chi connectivity index (χ0n) is 25.8. The Morgan fingerprint density at radius 2 is 2.02 bits per heavy atom. The van der Waals surface area contributed by atoms with E-state index in [1.165, 1.54) is 13.4 Å². The fourth-order valence-corrected chi connectivity index (χ4v) is 5.38. The van der Waals surface area contributed by atoms with Crippen LogP contribution in [-0.4, -0.2) is 94.0 Å². The van der Waals surface area contributed by atoms with Gasteiger partial charge in [-0.1, -0.05) is 6.92 Å². The second kappa shape index (κ2) is 15.0. The maximum absolute atomic E-state index is 12.6. The van der Waals surface area contributed by atoms with E-state index in [1.807, 2.05) is 19.2 Å². The third-order valence-corrected chi connectivity index (χ3v) is 7.70. The van der Waals surface area contributed by atoms with Crippen LogP contribution in [0.5, 0.6) is 0 Å². The van der Waals surface area contributed by atoms with Gasteiger partial charge in [-0.25, -0.2) is 19.6 Å². The van der Waals surface area contributed by atoms with Crippen LogP contribution in [-0.2, 0) is 19.1 Å². The van der Waals surface area contributed by atoms with Crippen molar-refractivity contribution in [3.05, 3.63) is 18.6 Å². The minimum Gasteiger partial charge on any atom is -0.467 e. The lowest BCUT2D eigenvalue weighted by atomic mass is 9.92. The highest BCUT2D eigenvalue weighted by Gasteiger charge is 2.33. The highest BCUT2D eigenvalue weighted by molar-refractivity contribution is 7.80. The number of amides is 2. The number of likely N-dealkylation sites (tertiary alicyclic amines) is 1. The Kier molecular flexibility index (Phi) is 11.7. The lowest BCUT2D eigenvalue weighted by Crippen LogP contribution is -2.52. The molecule has 3 rings (SSSR count). The summed E-state index contributed by atoms with van der Waals surface area (Å²) < 4.78 is 11.9. The number of aromatic nitrogens is 3. The summed E-state index contributed by atoms with van der Waals surface area (Å²) in [7, 11) is 3.27. The van der Waals surface area contributed by atoms with Crippen molar-refractivity contribution in [3.63, 3.8) is 0 Å². The fourth-order valence-electron chi connectivity index (χ4n) is 5.09. The van der Waals surface area contributed by atoms with E-state index in [1.54, 1.807) is 36.4 Å². The molecule has 0 bridgehead atoms. The molecule has 0 spiro atoms. The van der Waals surface area contributed by atoms with Gasteiger partial charge in [0.2, 0.25) is 5.91 Å². The first kappa shape index (κ1) is 33.5. The van der Waals surface area contributed by atoms with E-state index in [0.29, 0.717) is 56.3 Å². The number of methoxy groups -OCH3 is 1. The summed E-state index contributed by atoms with van der Waals surface area (Å²) in [4.78, 5) is 49.6. The molecule has 234 valence electrons. The Labute approximate surface area is 257 Å². The lowest BCUT2D eigenvalue weighted by molar-refractivity contribution is -0.142. The van der Waals surface area contributed by atoms with Crippen LogP contribution in [0.2, 0.25) is 0 Å². The molecule has 3 heterocycles. The third kappa shape index (κ3) is 9.00. The molecule has 2 aromatic rings. The summed E-state index contributed by atoms with van der Waals surface area (Å²) in [6.45, 7) is 9.09. The number of carbonyl (C=O) groups is 3. The van der Waals surface area contributed by atoms with Crippen molar-refractivity contribution in [1.29, 1.82) is 5.26 Å². The number of hydrogen-bond acceptors (Lipinski definition) is 10. The fraction of sp³-hybridized carbons (Fsp3) is 0.621. The largest absolute Gasteiger partial charge is 0.467 e. The maximum atomic E-state index is 12.6. The minimum absolute atomic E-state index is 0.00330. The van der Waals surface area contributed by atoms with Crippen LogP contribution >= 0.6 is 12.2 Å². The van der Waals surface area contributed by atoms with Gasteiger partial charge in [-0.15, -0.1) is 0 Å². The number of nitrogens with zero attached hydrogens (tertiary/aromatic N) is 6. The van der Waals surface area contributed by atoms with Crippen LogP contribution in [0.25, 0.3) is 11.0 Å². The number of carbonyl (C=O) groups excluding carboxylic acids is 3. The summed E-state index contributed by atoms with van der Waals surface area (Å²) in [5.74, 6) is 0.379. The quantitative estimate of drug-likeness (QED) is 0.231. The van der Waals surface area contributed by atoms with E-state index < -0.39 is 23.7 Å². The number of nitrogens with one attached hydrogen (secondary N) is 2. The van der Waals surface area contributed by atoms with E-state index in [0.717, 1.165) is 11.8 Å². The molecule has 0 saturated carbocycles. The highest BCUT2D eigenvalue weighted by Crippen LogP contribution is 2.29. The summed E-state index contributed by atoms with van der Waals surface area (Å²) in [6, 6.07) is 3.12. The molecule has 0 aromatic carbocycles. The summed E-state index contributed by atoms with van der Waals surface area (Å²) in [5.41, 5.74) is -0.00172. The van der Waals surface area contributed by atoms with Crippen LogP contribution < -0.4 is 15.5 Å². The molecule has 1 fully saturated rings. The molecule has 1 unspecified atom stereocenters. The van der Waals surface area contributed by atoms with Crippen molar-refractivity contribution in [2.24, 2.45) is 5.92 Å². The van der Waals surface area contributed by atoms with E-state index in [2.05, 4.69) is 32.4 Å². The lowest BCUT2D eigenvalue weighted by Gasteiger charge is -2.42. The average Bonchev–Trinajstić information content (AvgIpc) is 3.39. The topological polar surface area (TPSA) is 155 Å². The van der Waals surface area contributed by atoms with Crippen LogP contribution in [0.4, 0.5) is 10.6 Å². The normalized spacial score (nSPS) is 17.5. The first-order chi connectivity index (χ1) is 20.4. The monoisotopic (exact) mass is 614 g/mol. The van der Waals surface area contributed by atoms with Gasteiger partial charge in [0.15, 0.2) is 10.8 Å². The van der Waals surface area contributed by atoms with E-state index in [4.69, 9.17) is 27.0 Å².